The number of ether oxygens (including phenoxy) is 1. The number of hydrogen-bond acceptors (Lipinski definition) is 7. The number of fused-ring (bicyclic) bond motifs is 4. The maximum absolute atomic E-state index is 14.2. The highest BCUT2D eigenvalue weighted by molar-refractivity contribution is 6.58. The van der Waals surface area contributed by atoms with E-state index in [4.69, 9.17) is 27.9 Å². The Morgan fingerprint density at radius 3 is 2.36 bits per heavy atom. The molecule has 9 nitrogen and oxygen atoms in total. The van der Waals surface area contributed by atoms with Crippen molar-refractivity contribution >= 4 is 52.5 Å². The van der Waals surface area contributed by atoms with Crippen molar-refractivity contribution in [2.75, 3.05) is 12.0 Å². The number of halogens is 3. The SMILES string of the molecule is COc1cc(O)ccc1C1C2=CCC3C(=O)N(O)C(=O)C3C2CC2(Cl)C(=O)N(c3ccc(F)cc3)C(=O)C12Cl. The van der Waals surface area contributed by atoms with Crippen LogP contribution in [0.25, 0.3) is 0 Å². The highest BCUT2D eigenvalue weighted by Crippen LogP contribution is 2.66. The Balaban J connectivity index is 1.60. The number of allylic oxidation sites excluding steroid dienone is 2. The molecule has 202 valence electrons. The van der Waals surface area contributed by atoms with E-state index in [0.717, 1.165) is 17.0 Å². The summed E-state index contributed by atoms with van der Waals surface area (Å²) >= 11 is 14.4. The molecule has 0 aromatic heterocycles. The Hall–Kier alpha value is -3.47. The minimum absolute atomic E-state index is 0.0563. The number of rotatable bonds is 3. The van der Waals surface area contributed by atoms with Gasteiger partial charge in [-0.1, -0.05) is 17.7 Å². The molecule has 6 rings (SSSR count). The lowest BCUT2D eigenvalue weighted by molar-refractivity contribution is -0.173. The lowest BCUT2D eigenvalue weighted by atomic mass is 9.56. The number of amides is 4. The van der Waals surface area contributed by atoms with Crippen LogP contribution in [-0.4, -0.2) is 55.9 Å². The molecule has 0 bridgehead atoms. The van der Waals surface area contributed by atoms with Gasteiger partial charge in [0.1, 0.15) is 17.3 Å². The lowest BCUT2D eigenvalue weighted by Gasteiger charge is -2.50. The Bertz CT molecular complexity index is 1500. The number of benzene rings is 2. The summed E-state index contributed by atoms with van der Waals surface area (Å²) in [5.74, 6) is -7.74. The number of methoxy groups -OCH3 is 1. The number of carbonyl (C=O) groups is 4. The Labute approximate surface area is 231 Å². The van der Waals surface area contributed by atoms with E-state index in [1.807, 2.05) is 0 Å². The molecule has 0 spiro atoms. The summed E-state index contributed by atoms with van der Waals surface area (Å²) < 4.78 is 19.2. The van der Waals surface area contributed by atoms with Crippen molar-refractivity contribution in [2.45, 2.75) is 28.5 Å². The molecule has 2 saturated heterocycles. The van der Waals surface area contributed by atoms with E-state index in [1.165, 1.54) is 37.4 Å². The number of nitrogens with zero attached hydrogens (tertiary/aromatic N) is 2. The molecule has 2 aliphatic heterocycles. The second-order valence-electron chi connectivity index (χ2n) is 10.2. The zero-order valence-corrected chi connectivity index (χ0v) is 21.8. The van der Waals surface area contributed by atoms with Crippen molar-refractivity contribution in [1.29, 1.82) is 0 Å². The van der Waals surface area contributed by atoms with Gasteiger partial charge in [0.05, 0.1) is 24.6 Å². The monoisotopic (exact) mass is 574 g/mol. The molecule has 2 N–H and O–H groups in total. The first-order valence-corrected chi connectivity index (χ1v) is 12.9. The second-order valence-corrected chi connectivity index (χ2v) is 11.4. The minimum Gasteiger partial charge on any atom is -0.508 e. The van der Waals surface area contributed by atoms with Crippen LogP contribution in [0, 0.1) is 23.6 Å². The molecule has 6 unspecified atom stereocenters. The van der Waals surface area contributed by atoms with Crippen LogP contribution in [0.2, 0.25) is 0 Å². The highest BCUT2D eigenvalue weighted by atomic mass is 35.5. The molecule has 2 aromatic carbocycles. The van der Waals surface area contributed by atoms with Gasteiger partial charge in [-0.3, -0.25) is 24.4 Å². The van der Waals surface area contributed by atoms with Crippen LogP contribution in [-0.2, 0) is 19.2 Å². The lowest BCUT2D eigenvalue weighted by Crippen LogP contribution is -2.60. The first-order chi connectivity index (χ1) is 18.5. The fourth-order valence-corrected chi connectivity index (χ4v) is 7.59. The molecule has 0 radical (unpaired) electrons. The van der Waals surface area contributed by atoms with Crippen molar-refractivity contribution in [1.82, 2.24) is 5.06 Å². The van der Waals surface area contributed by atoms with E-state index in [9.17, 15) is 33.9 Å². The van der Waals surface area contributed by atoms with Crippen LogP contribution in [0.1, 0.15) is 24.3 Å². The number of phenolic OH excluding ortho intramolecular Hbond substituents is 1. The van der Waals surface area contributed by atoms with E-state index >= 15 is 0 Å². The Morgan fingerprint density at radius 2 is 1.69 bits per heavy atom. The normalized spacial score (nSPS) is 33.6. The number of carbonyl (C=O) groups excluding carboxylic acids is 4. The summed E-state index contributed by atoms with van der Waals surface area (Å²) in [6.45, 7) is 0. The molecule has 4 amide bonds. The maximum atomic E-state index is 14.2. The van der Waals surface area contributed by atoms with Crippen LogP contribution in [0.4, 0.5) is 10.1 Å². The predicted molar refractivity (Wildman–Crippen MR) is 135 cm³/mol. The summed E-state index contributed by atoms with van der Waals surface area (Å²) in [6, 6.07) is 8.86. The number of imide groups is 2. The van der Waals surface area contributed by atoms with Crippen molar-refractivity contribution in [2.24, 2.45) is 17.8 Å². The first kappa shape index (κ1) is 25.8. The standard InChI is InChI=1S/C27H21Cl2FN2O7/c1-39-19-10-14(33)6-7-16(19)21-15-8-9-17-20(23(35)32(38)22(17)34)18(15)11-26(28)24(36)31(25(37)27(21,26)29)13-4-2-12(30)3-5-13/h2-8,10,17-18,20-21,33,38H,9,11H2,1H3. The van der Waals surface area contributed by atoms with Crippen molar-refractivity contribution in [3.05, 3.63) is 65.5 Å². The quantitative estimate of drug-likeness (QED) is 0.249. The molecule has 2 aromatic rings. The zero-order chi connectivity index (χ0) is 28.0. The zero-order valence-electron chi connectivity index (χ0n) is 20.3. The van der Waals surface area contributed by atoms with Gasteiger partial charge in [0.15, 0.2) is 9.75 Å². The van der Waals surface area contributed by atoms with Gasteiger partial charge in [-0.2, -0.15) is 5.06 Å². The minimum atomic E-state index is -2.13. The maximum Gasteiger partial charge on any atom is 0.258 e. The van der Waals surface area contributed by atoms with Gasteiger partial charge in [-0.25, -0.2) is 9.29 Å². The van der Waals surface area contributed by atoms with Crippen LogP contribution in [0.3, 0.4) is 0 Å². The Kier molecular flexibility index (Phi) is 5.63. The molecule has 2 aliphatic carbocycles. The molecule has 12 heteroatoms. The van der Waals surface area contributed by atoms with Crippen LogP contribution < -0.4 is 9.64 Å². The third-order valence-corrected chi connectivity index (χ3v) is 9.81. The van der Waals surface area contributed by atoms with Gasteiger partial charge in [0.2, 0.25) is 0 Å². The van der Waals surface area contributed by atoms with Crippen molar-refractivity contribution in [3.63, 3.8) is 0 Å². The van der Waals surface area contributed by atoms with Gasteiger partial charge in [0, 0.05) is 17.5 Å². The average molecular weight is 575 g/mol. The molecule has 1 saturated carbocycles. The van der Waals surface area contributed by atoms with E-state index in [2.05, 4.69) is 0 Å². The molecule has 2 heterocycles. The van der Waals surface area contributed by atoms with Gasteiger partial charge < -0.3 is 9.84 Å². The van der Waals surface area contributed by atoms with E-state index in [-0.39, 0.29) is 35.1 Å². The molecule has 4 aliphatic rings. The van der Waals surface area contributed by atoms with Gasteiger partial charge in [-0.15, -0.1) is 23.2 Å². The summed E-state index contributed by atoms with van der Waals surface area (Å²) in [5, 5.41) is 20.3. The number of aromatic hydroxyl groups is 1. The average Bonchev–Trinajstić information content (AvgIpc) is 3.22. The second kappa shape index (κ2) is 8.51. The van der Waals surface area contributed by atoms with Crippen LogP contribution in [0.5, 0.6) is 11.5 Å². The smallest absolute Gasteiger partial charge is 0.258 e. The molecular formula is C27H21Cl2FN2O7. The molecule has 3 fully saturated rings. The first-order valence-electron chi connectivity index (χ1n) is 12.1. The largest absolute Gasteiger partial charge is 0.508 e. The predicted octanol–water partition coefficient (Wildman–Crippen LogP) is 3.49. The summed E-state index contributed by atoms with van der Waals surface area (Å²) in [6.07, 6.45) is 1.50. The van der Waals surface area contributed by atoms with E-state index in [1.54, 1.807) is 6.08 Å². The summed E-state index contributed by atoms with van der Waals surface area (Å²) in [4.78, 5) is 50.5. The third kappa shape index (κ3) is 3.22. The van der Waals surface area contributed by atoms with E-state index in [0.29, 0.717) is 11.1 Å². The number of alkyl halides is 2. The molecular weight excluding hydrogens is 554 g/mol. The Morgan fingerprint density at radius 1 is 1.00 bits per heavy atom. The topological polar surface area (TPSA) is 124 Å². The number of phenols is 1. The third-order valence-electron chi connectivity index (χ3n) is 8.40. The van der Waals surface area contributed by atoms with E-state index < -0.39 is 62.9 Å². The number of hydroxylamine groups is 2. The van der Waals surface area contributed by atoms with Crippen LogP contribution in [0.15, 0.2) is 54.1 Å². The van der Waals surface area contributed by atoms with Gasteiger partial charge in [-0.05, 0) is 49.1 Å². The molecule has 39 heavy (non-hydrogen) atoms. The summed E-state index contributed by atoms with van der Waals surface area (Å²) in [7, 11) is 1.36. The fraction of sp³-hybridized carbons (Fsp3) is 0.333. The molecule has 6 atom stereocenters. The van der Waals surface area contributed by atoms with Crippen molar-refractivity contribution < 1.29 is 38.6 Å². The summed E-state index contributed by atoms with van der Waals surface area (Å²) in [5.41, 5.74) is 0.871. The van der Waals surface area contributed by atoms with Gasteiger partial charge >= 0.3 is 0 Å². The number of hydrogen-bond donors (Lipinski definition) is 2. The highest BCUT2D eigenvalue weighted by Gasteiger charge is 2.77. The van der Waals surface area contributed by atoms with Crippen LogP contribution >= 0.6 is 23.2 Å². The fourth-order valence-electron chi connectivity index (χ4n) is 6.67. The van der Waals surface area contributed by atoms with Crippen molar-refractivity contribution in [3.8, 4) is 11.5 Å². The van der Waals surface area contributed by atoms with Gasteiger partial charge in [0.25, 0.3) is 23.6 Å². The number of anilines is 1.